The summed E-state index contributed by atoms with van der Waals surface area (Å²) >= 11 is 0. The third kappa shape index (κ3) is 1.37. The van der Waals surface area contributed by atoms with Crippen LogP contribution in [0, 0.1) is 10.1 Å². The van der Waals surface area contributed by atoms with Crippen molar-refractivity contribution in [1.82, 2.24) is 10.2 Å². The molecule has 0 saturated heterocycles. The molecule has 14 heavy (non-hydrogen) atoms. The minimum absolute atomic E-state index is 0.0273. The molecule has 1 aromatic rings. The van der Waals surface area contributed by atoms with Crippen LogP contribution in [0.5, 0.6) is 0 Å². The van der Waals surface area contributed by atoms with Crippen LogP contribution in [0.1, 0.15) is 25.0 Å². The van der Waals surface area contributed by atoms with Gasteiger partial charge in [0.15, 0.2) is 0 Å². The second kappa shape index (κ2) is 3.06. The van der Waals surface area contributed by atoms with Crippen LogP contribution in [0.3, 0.4) is 0 Å². The number of nitrogens with two attached hydrogens (primary N) is 1. The zero-order valence-electron chi connectivity index (χ0n) is 7.69. The van der Waals surface area contributed by atoms with E-state index in [1.54, 1.807) is 0 Å². The van der Waals surface area contributed by atoms with Gasteiger partial charge in [-0.3, -0.25) is 0 Å². The highest BCUT2D eigenvalue weighted by Crippen LogP contribution is 2.50. The first-order chi connectivity index (χ1) is 6.68. The topological polar surface area (TPSA) is 97.8 Å². The fourth-order valence-electron chi connectivity index (χ4n) is 1.74. The molecule has 0 aromatic carbocycles. The minimum Gasteiger partial charge on any atom is -0.358 e. The zero-order valence-corrected chi connectivity index (χ0v) is 7.69. The molecule has 0 radical (unpaired) electrons. The van der Waals surface area contributed by atoms with E-state index >= 15 is 0 Å². The van der Waals surface area contributed by atoms with Crippen LogP contribution in [-0.2, 0) is 5.41 Å². The van der Waals surface area contributed by atoms with Gasteiger partial charge in [-0.05, 0) is 30.7 Å². The van der Waals surface area contributed by atoms with Crippen LogP contribution in [0.4, 0.5) is 5.82 Å². The van der Waals surface area contributed by atoms with Crippen LogP contribution in [-0.4, -0.2) is 21.7 Å². The van der Waals surface area contributed by atoms with E-state index in [2.05, 4.69) is 10.2 Å². The van der Waals surface area contributed by atoms with E-state index in [9.17, 15) is 10.1 Å². The van der Waals surface area contributed by atoms with Crippen LogP contribution >= 0.6 is 0 Å². The number of aromatic amines is 1. The number of nitrogens with one attached hydrogen (secondary N) is 1. The van der Waals surface area contributed by atoms with Gasteiger partial charge in [0, 0.05) is 5.41 Å². The number of nitrogens with zero attached hydrogens (tertiary/aromatic N) is 2. The minimum atomic E-state index is -0.463. The van der Waals surface area contributed by atoms with Crippen molar-refractivity contribution in [2.24, 2.45) is 5.73 Å². The molecule has 6 heteroatoms. The van der Waals surface area contributed by atoms with E-state index in [0.717, 1.165) is 25.0 Å². The van der Waals surface area contributed by atoms with Crippen LogP contribution in [0.2, 0.25) is 0 Å². The van der Waals surface area contributed by atoms with E-state index in [1.165, 1.54) is 6.07 Å². The Morgan fingerprint density at radius 1 is 1.71 bits per heavy atom. The maximum atomic E-state index is 10.4. The summed E-state index contributed by atoms with van der Waals surface area (Å²) in [4.78, 5) is 9.97. The summed E-state index contributed by atoms with van der Waals surface area (Å²) in [5.41, 5.74) is 6.30. The Hall–Kier alpha value is -1.43. The molecule has 2 rings (SSSR count). The highest BCUT2D eigenvalue weighted by Gasteiger charge is 2.46. The van der Waals surface area contributed by atoms with Crippen molar-refractivity contribution in [3.63, 3.8) is 0 Å². The monoisotopic (exact) mass is 196 g/mol. The van der Waals surface area contributed by atoms with E-state index < -0.39 is 4.92 Å². The Kier molecular flexibility index (Phi) is 1.99. The van der Waals surface area contributed by atoms with E-state index in [0.29, 0.717) is 6.54 Å². The van der Waals surface area contributed by atoms with Crippen molar-refractivity contribution in [3.05, 3.63) is 21.9 Å². The maximum absolute atomic E-state index is 10.4. The predicted molar refractivity (Wildman–Crippen MR) is 49.8 cm³/mol. The third-order valence-electron chi connectivity index (χ3n) is 2.78. The lowest BCUT2D eigenvalue weighted by molar-refractivity contribution is -0.389. The molecule has 1 fully saturated rings. The standard InChI is InChI=1S/C8H12N4O2/c9-4-3-8(1-2-8)6-5-7(11-10-6)12(13)14/h5H,1-4,9H2,(H,10,11). The number of H-pyrrole nitrogens is 1. The molecule has 0 unspecified atom stereocenters. The molecule has 0 amide bonds. The summed E-state index contributed by atoms with van der Waals surface area (Å²) in [6.45, 7) is 0.598. The lowest BCUT2D eigenvalue weighted by Crippen LogP contribution is -2.13. The average Bonchev–Trinajstić information content (AvgIpc) is 2.77. The molecule has 6 nitrogen and oxygen atoms in total. The van der Waals surface area contributed by atoms with Crippen molar-refractivity contribution in [1.29, 1.82) is 0 Å². The first-order valence-corrected chi connectivity index (χ1v) is 4.58. The van der Waals surface area contributed by atoms with Crippen molar-refractivity contribution in [2.45, 2.75) is 24.7 Å². The van der Waals surface area contributed by atoms with Gasteiger partial charge < -0.3 is 15.8 Å². The summed E-state index contributed by atoms with van der Waals surface area (Å²) in [7, 11) is 0. The van der Waals surface area contributed by atoms with Crippen molar-refractivity contribution >= 4 is 5.82 Å². The number of aromatic nitrogens is 2. The first kappa shape index (κ1) is 9.14. The third-order valence-corrected chi connectivity index (χ3v) is 2.78. The lowest BCUT2D eigenvalue weighted by Gasteiger charge is -2.07. The number of hydrogen-bond acceptors (Lipinski definition) is 4. The summed E-state index contributed by atoms with van der Waals surface area (Å²) in [5.74, 6) is -0.0386. The highest BCUT2D eigenvalue weighted by molar-refractivity contribution is 5.31. The fourth-order valence-corrected chi connectivity index (χ4v) is 1.74. The molecule has 1 saturated carbocycles. The van der Waals surface area contributed by atoms with E-state index in [4.69, 9.17) is 5.73 Å². The summed E-state index contributed by atoms with van der Waals surface area (Å²) < 4.78 is 0. The van der Waals surface area contributed by atoms with Gasteiger partial charge in [-0.25, -0.2) is 0 Å². The Labute approximate surface area is 80.6 Å². The van der Waals surface area contributed by atoms with Gasteiger partial charge in [0.05, 0.1) is 11.8 Å². The number of nitro groups is 1. The first-order valence-electron chi connectivity index (χ1n) is 4.58. The van der Waals surface area contributed by atoms with Gasteiger partial charge in [-0.1, -0.05) is 5.10 Å². The van der Waals surface area contributed by atoms with Gasteiger partial charge in [-0.15, -0.1) is 5.10 Å². The largest absolute Gasteiger partial charge is 0.358 e. The van der Waals surface area contributed by atoms with Gasteiger partial charge in [-0.2, -0.15) is 0 Å². The fraction of sp³-hybridized carbons (Fsp3) is 0.625. The summed E-state index contributed by atoms with van der Waals surface area (Å²) in [5, 5.41) is 16.8. The van der Waals surface area contributed by atoms with Crippen molar-refractivity contribution < 1.29 is 4.92 Å². The van der Waals surface area contributed by atoms with E-state index in [-0.39, 0.29) is 11.2 Å². The van der Waals surface area contributed by atoms with Gasteiger partial charge >= 0.3 is 5.82 Å². The van der Waals surface area contributed by atoms with Crippen molar-refractivity contribution in [3.8, 4) is 0 Å². The Morgan fingerprint density at radius 3 is 2.86 bits per heavy atom. The second-order valence-electron chi connectivity index (χ2n) is 3.71. The molecule has 0 aliphatic heterocycles. The van der Waals surface area contributed by atoms with Crippen LogP contribution in [0.25, 0.3) is 0 Å². The molecular weight excluding hydrogens is 184 g/mol. The SMILES string of the molecule is NCCC1(c2cc([N+](=O)[O-])[nH]n2)CC1. The summed E-state index contributed by atoms with van der Waals surface area (Å²) in [6, 6.07) is 1.52. The number of hydrogen-bond donors (Lipinski definition) is 2. The second-order valence-corrected chi connectivity index (χ2v) is 3.71. The molecule has 1 aromatic heterocycles. The maximum Gasteiger partial charge on any atom is 0.342 e. The van der Waals surface area contributed by atoms with E-state index in [1.807, 2.05) is 0 Å². The molecule has 76 valence electrons. The summed E-state index contributed by atoms with van der Waals surface area (Å²) in [6.07, 6.45) is 2.92. The molecule has 0 bridgehead atoms. The smallest absolute Gasteiger partial charge is 0.342 e. The Balaban J connectivity index is 2.20. The van der Waals surface area contributed by atoms with Gasteiger partial charge in [0.2, 0.25) is 0 Å². The normalized spacial score (nSPS) is 18.1. The predicted octanol–water partition coefficient (Wildman–Crippen LogP) is 0.698. The quantitative estimate of drug-likeness (QED) is 0.547. The molecule has 0 spiro atoms. The highest BCUT2D eigenvalue weighted by atomic mass is 16.6. The average molecular weight is 196 g/mol. The molecule has 1 heterocycles. The number of rotatable bonds is 4. The molecule has 3 N–H and O–H groups in total. The molecule has 1 aliphatic rings. The Morgan fingerprint density at radius 2 is 2.43 bits per heavy atom. The Bertz CT molecular complexity index is 356. The molecule has 0 atom stereocenters. The van der Waals surface area contributed by atoms with Crippen molar-refractivity contribution in [2.75, 3.05) is 6.54 Å². The van der Waals surface area contributed by atoms with Gasteiger partial charge in [0.25, 0.3) is 0 Å². The van der Waals surface area contributed by atoms with Gasteiger partial charge in [0.1, 0.15) is 0 Å². The molecular formula is C8H12N4O2. The molecule has 1 aliphatic carbocycles. The zero-order chi connectivity index (χ0) is 10.2. The van der Waals surface area contributed by atoms with Crippen LogP contribution in [0.15, 0.2) is 6.07 Å². The van der Waals surface area contributed by atoms with Crippen LogP contribution < -0.4 is 5.73 Å². The lowest BCUT2D eigenvalue weighted by atomic mass is 9.98.